The van der Waals surface area contributed by atoms with Crippen LogP contribution >= 0.6 is 0 Å². The molecule has 0 aliphatic rings. The minimum atomic E-state index is -0.532. The van der Waals surface area contributed by atoms with E-state index >= 15 is 0 Å². The van der Waals surface area contributed by atoms with Crippen molar-refractivity contribution >= 4 is 34.6 Å². The highest BCUT2D eigenvalue weighted by Gasteiger charge is 2.18. The Labute approximate surface area is 186 Å². The first kappa shape index (κ1) is 22.5. The molecule has 0 atom stereocenters. The van der Waals surface area contributed by atoms with Crippen LogP contribution in [0.1, 0.15) is 34.6 Å². The Balaban J connectivity index is 1.75. The number of nitro benzene ring substituents is 1. The van der Waals surface area contributed by atoms with Crippen molar-refractivity contribution in [2.75, 3.05) is 23.7 Å². The van der Waals surface area contributed by atoms with Gasteiger partial charge in [-0.1, -0.05) is 18.2 Å². The predicted molar refractivity (Wildman–Crippen MR) is 124 cm³/mol. The third-order valence-electron chi connectivity index (χ3n) is 4.95. The third kappa shape index (κ3) is 5.28. The van der Waals surface area contributed by atoms with Gasteiger partial charge in [-0.2, -0.15) is 0 Å². The Morgan fingerprint density at radius 1 is 0.875 bits per heavy atom. The highest BCUT2D eigenvalue weighted by molar-refractivity contribution is 6.05. The molecule has 0 aliphatic heterocycles. The van der Waals surface area contributed by atoms with E-state index in [1.165, 1.54) is 18.2 Å². The van der Waals surface area contributed by atoms with Gasteiger partial charge in [0, 0.05) is 41.7 Å². The van der Waals surface area contributed by atoms with Crippen molar-refractivity contribution < 1.29 is 14.5 Å². The second-order valence-corrected chi connectivity index (χ2v) is 6.99. The van der Waals surface area contributed by atoms with E-state index in [2.05, 4.69) is 10.6 Å². The van der Waals surface area contributed by atoms with E-state index in [-0.39, 0.29) is 22.8 Å². The number of carbonyl (C=O) groups is 2. The van der Waals surface area contributed by atoms with Gasteiger partial charge in [0.05, 0.1) is 4.92 Å². The van der Waals surface area contributed by atoms with E-state index in [1.54, 1.807) is 41.3 Å². The SMILES string of the molecule is CCN(CC)C(=O)c1ccc(NC(=O)c2ccc(Nc3ccccc3)c([N+](=O)[O-])c2)cc1. The van der Waals surface area contributed by atoms with E-state index in [0.29, 0.717) is 30.0 Å². The smallest absolute Gasteiger partial charge is 0.293 e. The number of para-hydroxylation sites is 1. The molecule has 164 valence electrons. The maximum absolute atomic E-state index is 12.6. The largest absolute Gasteiger partial charge is 0.350 e. The van der Waals surface area contributed by atoms with Crippen LogP contribution in [0.5, 0.6) is 0 Å². The molecule has 0 spiro atoms. The molecule has 0 bridgehead atoms. The molecular weight excluding hydrogens is 408 g/mol. The van der Waals surface area contributed by atoms with Crippen molar-refractivity contribution in [2.45, 2.75) is 13.8 Å². The van der Waals surface area contributed by atoms with Crippen molar-refractivity contribution in [1.29, 1.82) is 0 Å². The second-order valence-electron chi connectivity index (χ2n) is 6.99. The standard InChI is InChI=1S/C24H24N4O4/c1-3-27(4-2)24(30)17-10-13-20(14-11-17)26-23(29)18-12-15-21(22(16-18)28(31)32)25-19-8-6-5-7-9-19/h5-16,25H,3-4H2,1-2H3,(H,26,29). The van der Waals surface area contributed by atoms with Gasteiger partial charge in [-0.15, -0.1) is 0 Å². The van der Waals surface area contributed by atoms with E-state index in [0.717, 1.165) is 0 Å². The monoisotopic (exact) mass is 432 g/mol. The zero-order valence-corrected chi connectivity index (χ0v) is 17.9. The third-order valence-corrected chi connectivity index (χ3v) is 4.95. The summed E-state index contributed by atoms with van der Waals surface area (Å²) in [7, 11) is 0. The molecule has 0 radical (unpaired) electrons. The molecule has 0 unspecified atom stereocenters. The summed E-state index contributed by atoms with van der Waals surface area (Å²) in [4.78, 5) is 37.8. The van der Waals surface area contributed by atoms with Gasteiger partial charge in [-0.05, 0) is 62.4 Å². The van der Waals surface area contributed by atoms with Crippen LogP contribution in [0.2, 0.25) is 0 Å². The van der Waals surface area contributed by atoms with Crippen LogP contribution in [0.3, 0.4) is 0 Å². The van der Waals surface area contributed by atoms with Gasteiger partial charge in [0.25, 0.3) is 17.5 Å². The molecule has 2 amide bonds. The average molecular weight is 432 g/mol. The van der Waals surface area contributed by atoms with E-state index in [4.69, 9.17) is 0 Å². The minimum absolute atomic E-state index is 0.0787. The van der Waals surface area contributed by atoms with Gasteiger partial charge in [-0.25, -0.2) is 0 Å². The molecule has 3 aromatic carbocycles. The Hall–Kier alpha value is -4.20. The quantitative estimate of drug-likeness (QED) is 0.382. The summed E-state index contributed by atoms with van der Waals surface area (Å²) in [6, 6.07) is 19.9. The minimum Gasteiger partial charge on any atom is -0.350 e. The summed E-state index contributed by atoms with van der Waals surface area (Å²) >= 11 is 0. The summed E-state index contributed by atoms with van der Waals surface area (Å²) in [5.74, 6) is -0.563. The van der Waals surface area contributed by atoms with Crippen LogP contribution in [-0.4, -0.2) is 34.7 Å². The number of carbonyl (C=O) groups excluding carboxylic acids is 2. The summed E-state index contributed by atoms with van der Waals surface area (Å²) in [6.45, 7) is 5.05. The Kier molecular flexibility index (Phi) is 7.17. The second kappa shape index (κ2) is 10.2. The van der Waals surface area contributed by atoms with E-state index in [1.807, 2.05) is 32.0 Å². The lowest BCUT2D eigenvalue weighted by atomic mass is 10.1. The number of rotatable bonds is 8. The summed E-state index contributed by atoms with van der Waals surface area (Å²) in [5, 5.41) is 17.3. The fourth-order valence-corrected chi connectivity index (χ4v) is 3.20. The molecule has 0 heterocycles. The lowest BCUT2D eigenvalue weighted by Crippen LogP contribution is -2.30. The number of amides is 2. The lowest BCUT2D eigenvalue weighted by molar-refractivity contribution is -0.383. The van der Waals surface area contributed by atoms with Crippen LogP contribution in [0.15, 0.2) is 72.8 Å². The predicted octanol–water partition coefficient (Wildman–Crippen LogP) is 5.07. The van der Waals surface area contributed by atoms with E-state index < -0.39 is 10.8 Å². The number of anilines is 3. The van der Waals surface area contributed by atoms with Crippen LogP contribution in [0.4, 0.5) is 22.7 Å². The van der Waals surface area contributed by atoms with Crippen molar-refractivity contribution in [1.82, 2.24) is 4.90 Å². The number of hydrogen-bond donors (Lipinski definition) is 2. The molecule has 0 aliphatic carbocycles. The Morgan fingerprint density at radius 2 is 1.50 bits per heavy atom. The van der Waals surface area contributed by atoms with E-state index in [9.17, 15) is 19.7 Å². The molecular formula is C24H24N4O4. The van der Waals surface area contributed by atoms with Crippen molar-refractivity contribution in [3.63, 3.8) is 0 Å². The number of benzene rings is 3. The Bertz CT molecular complexity index is 1110. The highest BCUT2D eigenvalue weighted by atomic mass is 16.6. The van der Waals surface area contributed by atoms with Crippen LogP contribution in [0.25, 0.3) is 0 Å². The fourth-order valence-electron chi connectivity index (χ4n) is 3.20. The first-order chi connectivity index (χ1) is 15.4. The maximum Gasteiger partial charge on any atom is 0.293 e. The molecule has 32 heavy (non-hydrogen) atoms. The van der Waals surface area contributed by atoms with Gasteiger partial charge >= 0.3 is 0 Å². The highest BCUT2D eigenvalue weighted by Crippen LogP contribution is 2.29. The molecule has 3 aromatic rings. The first-order valence-electron chi connectivity index (χ1n) is 10.2. The Morgan fingerprint density at radius 3 is 2.09 bits per heavy atom. The number of nitro groups is 1. The van der Waals surface area contributed by atoms with Gasteiger partial charge in [-0.3, -0.25) is 19.7 Å². The van der Waals surface area contributed by atoms with Gasteiger partial charge in [0.2, 0.25) is 0 Å². The summed E-state index contributed by atoms with van der Waals surface area (Å²) in [6.07, 6.45) is 0. The van der Waals surface area contributed by atoms with Gasteiger partial charge in [0.15, 0.2) is 0 Å². The first-order valence-corrected chi connectivity index (χ1v) is 10.2. The molecule has 0 saturated carbocycles. The van der Waals surface area contributed by atoms with Gasteiger partial charge in [0.1, 0.15) is 5.69 Å². The number of hydrogen-bond acceptors (Lipinski definition) is 5. The molecule has 2 N–H and O–H groups in total. The zero-order valence-electron chi connectivity index (χ0n) is 17.9. The van der Waals surface area contributed by atoms with Crippen molar-refractivity contribution in [3.8, 4) is 0 Å². The number of nitrogens with zero attached hydrogens (tertiary/aromatic N) is 2. The molecule has 0 aromatic heterocycles. The van der Waals surface area contributed by atoms with Crippen LogP contribution in [-0.2, 0) is 0 Å². The normalized spacial score (nSPS) is 10.3. The molecule has 0 saturated heterocycles. The topological polar surface area (TPSA) is 105 Å². The molecule has 3 rings (SSSR count). The van der Waals surface area contributed by atoms with Crippen LogP contribution < -0.4 is 10.6 Å². The van der Waals surface area contributed by atoms with Gasteiger partial charge < -0.3 is 15.5 Å². The van der Waals surface area contributed by atoms with Crippen molar-refractivity contribution in [2.24, 2.45) is 0 Å². The summed E-state index contributed by atoms with van der Waals surface area (Å²) in [5.41, 5.74) is 1.95. The molecule has 8 heteroatoms. The van der Waals surface area contributed by atoms with Crippen LogP contribution in [0, 0.1) is 10.1 Å². The van der Waals surface area contributed by atoms with Crippen molar-refractivity contribution in [3.05, 3.63) is 94.0 Å². The zero-order chi connectivity index (χ0) is 23.1. The maximum atomic E-state index is 12.6. The summed E-state index contributed by atoms with van der Waals surface area (Å²) < 4.78 is 0. The fraction of sp³-hybridized carbons (Fsp3) is 0.167. The average Bonchev–Trinajstić information content (AvgIpc) is 2.81. The molecule has 8 nitrogen and oxygen atoms in total. The number of nitrogens with one attached hydrogen (secondary N) is 2. The lowest BCUT2D eigenvalue weighted by Gasteiger charge is -2.18. The molecule has 0 fully saturated rings.